The van der Waals surface area contributed by atoms with Gasteiger partial charge in [0.05, 0.1) is 7.11 Å². The van der Waals surface area contributed by atoms with E-state index in [1.165, 1.54) is 7.11 Å². The largest absolute Gasteiger partial charge is 0.469 e. The number of benzene rings is 1. The van der Waals surface area contributed by atoms with Crippen molar-refractivity contribution >= 4 is 17.6 Å². The van der Waals surface area contributed by atoms with E-state index in [1.807, 2.05) is 6.92 Å². The molecule has 5 heteroatoms. The Kier molecular flexibility index (Phi) is 5.36. The fraction of sp³-hybridized carbons (Fsp3) is 0.429. The van der Waals surface area contributed by atoms with Crippen LogP contribution in [0.3, 0.4) is 0 Å². The third-order valence-electron chi connectivity index (χ3n) is 2.93. The van der Waals surface area contributed by atoms with Crippen LogP contribution < -0.4 is 5.73 Å². The van der Waals surface area contributed by atoms with Crippen LogP contribution in [-0.2, 0) is 9.53 Å². The number of amides is 1. The van der Waals surface area contributed by atoms with Gasteiger partial charge in [0.15, 0.2) is 0 Å². The van der Waals surface area contributed by atoms with E-state index in [0.29, 0.717) is 30.6 Å². The van der Waals surface area contributed by atoms with Gasteiger partial charge in [-0.15, -0.1) is 0 Å². The molecule has 1 amide bonds. The zero-order valence-corrected chi connectivity index (χ0v) is 11.6. The van der Waals surface area contributed by atoms with Crippen molar-refractivity contribution in [2.24, 2.45) is 0 Å². The molecule has 104 valence electrons. The first-order chi connectivity index (χ1) is 8.95. The first-order valence-corrected chi connectivity index (χ1v) is 6.14. The lowest BCUT2D eigenvalue weighted by molar-refractivity contribution is -0.140. The third-order valence-corrected chi connectivity index (χ3v) is 2.93. The molecule has 1 aromatic rings. The maximum absolute atomic E-state index is 12.2. The number of nitrogens with zero attached hydrogens (tertiary/aromatic N) is 1. The molecule has 19 heavy (non-hydrogen) atoms. The average Bonchev–Trinajstić information content (AvgIpc) is 2.37. The number of carbonyl (C=O) groups excluding carboxylic acids is 2. The van der Waals surface area contributed by atoms with Crippen LogP contribution in [0, 0.1) is 6.92 Å². The predicted molar refractivity (Wildman–Crippen MR) is 73.8 cm³/mol. The molecular weight excluding hydrogens is 244 g/mol. The van der Waals surface area contributed by atoms with Gasteiger partial charge in [-0.1, -0.05) is 0 Å². The zero-order valence-electron chi connectivity index (χ0n) is 11.6. The lowest BCUT2D eigenvalue weighted by atomic mass is 10.1. The van der Waals surface area contributed by atoms with Gasteiger partial charge >= 0.3 is 5.97 Å². The maximum Gasteiger partial charge on any atom is 0.305 e. The summed E-state index contributed by atoms with van der Waals surface area (Å²) in [5, 5.41) is 0. The molecule has 1 aromatic carbocycles. The van der Waals surface area contributed by atoms with Gasteiger partial charge in [-0.2, -0.15) is 0 Å². The third kappa shape index (κ3) is 4.28. The summed E-state index contributed by atoms with van der Waals surface area (Å²) in [4.78, 5) is 24.8. The highest BCUT2D eigenvalue weighted by Crippen LogP contribution is 2.14. The molecule has 0 atom stereocenters. The molecule has 0 fully saturated rings. The fourth-order valence-electron chi connectivity index (χ4n) is 1.80. The lowest BCUT2D eigenvalue weighted by Crippen LogP contribution is -2.28. The quantitative estimate of drug-likeness (QED) is 0.647. The molecule has 0 unspecified atom stereocenters. The minimum atomic E-state index is -0.260. The highest BCUT2D eigenvalue weighted by Gasteiger charge is 2.14. The Labute approximate surface area is 113 Å². The van der Waals surface area contributed by atoms with E-state index >= 15 is 0 Å². The number of methoxy groups -OCH3 is 1. The van der Waals surface area contributed by atoms with Crippen LogP contribution in [0.5, 0.6) is 0 Å². The number of nitrogen functional groups attached to an aromatic ring is 1. The van der Waals surface area contributed by atoms with Crippen LogP contribution in [0.25, 0.3) is 0 Å². The van der Waals surface area contributed by atoms with Crippen molar-refractivity contribution in [3.05, 3.63) is 29.3 Å². The van der Waals surface area contributed by atoms with Crippen LogP contribution in [-0.4, -0.2) is 37.5 Å². The van der Waals surface area contributed by atoms with Crippen molar-refractivity contribution in [1.82, 2.24) is 4.90 Å². The van der Waals surface area contributed by atoms with E-state index in [2.05, 4.69) is 4.74 Å². The number of ether oxygens (including phenoxy) is 1. The topological polar surface area (TPSA) is 72.6 Å². The van der Waals surface area contributed by atoms with Crippen LogP contribution in [0.15, 0.2) is 18.2 Å². The van der Waals surface area contributed by atoms with Gasteiger partial charge in [0.25, 0.3) is 5.91 Å². The highest BCUT2D eigenvalue weighted by molar-refractivity contribution is 5.95. The fourth-order valence-corrected chi connectivity index (χ4v) is 1.80. The average molecular weight is 264 g/mol. The molecule has 0 aliphatic heterocycles. The molecule has 0 aliphatic carbocycles. The molecular formula is C14H20N2O3. The Balaban J connectivity index is 2.59. The minimum absolute atomic E-state index is 0.0673. The summed E-state index contributed by atoms with van der Waals surface area (Å²) in [5.74, 6) is -0.327. The van der Waals surface area contributed by atoms with Crippen molar-refractivity contribution < 1.29 is 14.3 Å². The Morgan fingerprint density at radius 1 is 1.37 bits per heavy atom. The predicted octanol–water partition coefficient (Wildman–Crippen LogP) is 1.60. The monoisotopic (exact) mass is 264 g/mol. The second-order valence-electron chi connectivity index (χ2n) is 4.48. The Morgan fingerprint density at radius 3 is 2.63 bits per heavy atom. The first kappa shape index (κ1) is 15.0. The summed E-state index contributed by atoms with van der Waals surface area (Å²) >= 11 is 0. The van der Waals surface area contributed by atoms with Crippen LogP contribution in [0.1, 0.15) is 28.8 Å². The number of carbonyl (C=O) groups is 2. The maximum atomic E-state index is 12.2. The standard InChI is InChI=1S/C14H20N2O3/c1-10-9-11(15)6-7-12(10)14(18)16(2)8-4-5-13(17)19-3/h6-7,9H,4-5,8,15H2,1-3H3. The van der Waals surface area contributed by atoms with Crippen molar-refractivity contribution in [3.63, 3.8) is 0 Å². The summed E-state index contributed by atoms with van der Waals surface area (Å²) < 4.78 is 4.55. The molecule has 0 bridgehead atoms. The minimum Gasteiger partial charge on any atom is -0.469 e. The van der Waals surface area contributed by atoms with Crippen molar-refractivity contribution in [2.45, 2.75) is 19.8 Å². The van der Waals surface area contributed by atoms with Crippen LogP contribution >= 0.6 is 0 Å². The highest BCUT2D eigenvalue weighted by atomic mass is 16.5. The molecule has 0 saturated heterocycles. The van der Waals surface area contributed by atoms with E-state index in [4.69, 9.17) is 5.73 Å². The second-order valence-corrected chi connectivity index (χ2v) is 4.48. The lowest BCUT2D eigenvalue weighted by Gasteiger charge is -2.18. The van der Waals surface area contributed by atoms with Crippen molar-refractivity contribution in [2.75, 3.05) is 26.4 Å². The first-order valence-electron chi connectivity index (χ1n) is 6.14. The van der Waals surface area contributed by atoms with Crippen molar-refractivity contribution in [3.8, 4) is 0 Å². The van der Waals surface area contributed by atoms with Gasteiger partial charge in [-0.25, -0.2) is 0 Å². The zero-order chi connectivity index (χ0) is 14.4. The Bertz CT molecular complexity index is 472. The Hall–Kier alpha value is -2.04. The second kappa shape index (κ2) is 6.78. The molecule has 0 radical (unpaired) electrons. The van der Waals surface area contributed by atoms with Crippen LogP contribution in [0.4, 0.5) is 5.69 Å². The van der Waals surface area contributed by atoms with E-state index in [1.54, 1.807) is 30.1 Å². The number of hydrogen-bond acceptors (Lipinski definition) is 4. The number of nitrogens with two attached hydrogens (primary N) is 1. The van der Waals surface area contributed by atoms with Crippen LogP contribution in [0.2, 0.25) is 0 Å². The van der Waals surface area contributed by atoms with Gasteiger partial charge in [-0.05, 0) is 37.1 Å². The van der Waals surface area contributed by atoms with Gasteiger partial charge in [-0.3, -0.25) is 9.59 Å². The summed E-state index contributed by atoms with van der Waals surface area (Å²) in [5.41, 5.74) is 7.78. The molecule has 2 N–H and O–H groups in total. The molecule has 0 spiro atoms. The molecule has 0 aliphatic rings. The van der Waals surface area contributed by atoms with Crippen molar-refractivity contribution in [1.29, 1.82) is 0 Å². The SMILES string of the molecule is COC(=O)CCCN(C)C(=O)c1ccc(N)cc1C. The number of hydrogen-bond donors (Lipinski definition) is 1. The summed E-state index contributed by atoms with van der Waals surface area (Å²) in [6, 6.07) is 5.21. The summed E-state index contributed by atoms with van der Waals surface area (Å²) in [7, 11) is 3.07. The van der Waals surface area contributed by atoms with Gasteiger partial charge in [0, 0.05) is 31.3 Å². The molecule has 0 heterocycles. The van der Waals surface area contributed by atoms with Gasteiger partial charge in [0.1, 0.15) is 0 Å². The molecule has 5 nitrogen and oxygen atoms in total. The number of aryl methyl sites for hydroxylation is 1. The number of esters is 1. The molecule has 1 rings (SSSR count). The smallest absolute Gasteiger partial charge is 0.305 e. The van der Waals surface area contributed by atoms with E-state index in [9.17, 15) is 9.59 Å². The normalized spacial score (nSPS) is 10.1. The summed E-state index contributed by atoms with van der Waals surface area (Å²) in [6.07, 6.45) is 0.901. The van der Waals surface area contributed by atoms with E-state index in [-0.39, 0.29) is 11.9 Å². The van der Waals surface area contributed by atoms with E-state index < -0.39 is 0 Å². The number of anilines is 1. The van der Waals surface area contributed by atoms with Gasteiger partial charge in [0.2, 0.25) is 0 Å². The van der Waals surface area contributed by atoms with E-state index in [0.717, 1.165) is 5.56 Å². The molecule has 0 saturated carbocycles. The summed E-state index contributed by atoms with van der Waals surface area (Å²) in [6.45, 7) is 2.36. The Morgan fingerprint density at radius 2 is 2.05 bits per heavy atom. The number of rotatable bonds is 5. The molecule has 0 aromatic heterocycles. The van der Waals surface area contributed by atoms with Gasteiger partial charge < -0.3 is 15.4 Å².